The van der Waals surface area contributed by atoms with Gasteiger partial charge in [-0.3, -0.25) is 4.79 Å². The normalized spacial score (nSPS) is 14.2. The summed E-state index contributed by atoms with van der Waals surface area (Å²) in [4.78, 5) is 24.5. The molecule has 1 N–H and O–H groups in total. The van der Waals surface area contributed by atoms with Crippen LogP contribution in [0.4, 0.5) is 0 Å². The second-order valence-electron chi connectivity index (χ2n) is 5.26. The lowest BCUT2D eigenvalue weighted by molar-refractivity contribution is -0.139. The van der Waals surface area contributed by atoms with Crippen molar-refractivity contribution in [3.05, 3.63) is 29.3 Å². The Labute approximate surface area is 139 Å². The number of carboxylic acid groups (broad SMARTS) is 1. The molecule has 1 aliphatic heterocycles. The highest BCUT2D eigenvalue weighted by Crippen LogP contribution is 2.29. The van der Waals surface area contributed by atoms with Gasteiger partial charge in [-0.2, -0.15) is 5.26 Å². The van der Waals surface area contributed by atoms with Crippen LogP contribution in [0.3, 0.4) is 0 Å². The molecule has 1 saturated heterocycles. The summed E-state index contributed by atoms with van der Waals surface area (Å²) in [7, 11) is 1.43. The summed E-state index contributed by atoms with van der Waals surface area (Å²) in [5, 5.41) is 17.9. The van der Waals surface area contributed by atoms with Gasteiger partial charge in [-0.05, 0) is 36.6 Å². The van der Waals surface area contributed by atoms with Crippen molar-refractivity contribution in [1.29, 1.82) is 5.26 Å². The number of amides is 1. The van der Waals surface area contributed by atoms with Crippen LogP contribution in [-0.4, -0.2) is 48.7 Å². The topological polar surface area (TPSA) is 99.9 Å². The molecule has 0 saturated carbocycles. The Kier molecular flexibility index (Phi) is 5.79. The van der Waals surface area contributed by atoms with Crippen molar-refractivity contribution in [1.82, 2.24) is 4.90 Å². The van der Waals surface area contributed by atoms with E-state index in [1.165, 1.54) is 13.2 Å². The quantitative estimate of drug-likeness (QED) is 0.629. The third kappa shape index (κ3) is 4.26. The highest BCUT2D eigenvalue weighted by Gasteiger charge is 2.21. The lowest BCUT2D eigenvalue weighted by Gasteiger charge is -2.14. The standard InChI is InChI=1S/C17H18N2O5/c1-23-15-9-12(4-5-14(15)24-11-16(20)21)8-13(10-18)17(22)19-6-2-3-7-19/h4-5,8-9H,2-3,6-7,11H2,1H3,(H,20,21)/b13-8+. The molecule has 0 unspecified atom stereocenters. The molecular formula is C17H18N2O5. The van der Waals surface area contributed by atoms with Crippen molar-refractivity contribution in [3.8, 4) is 17.6 Å². The number of rotatable bonds is 6. The summed E-state index contributed by atoms with van der Waals surface area (Å²) in [6.07, 6.45) is 3.39. The first-order valence-corrected chi connectivity index (χ1v) is 7.49. The van der Waals surface area contributed by atoms with E-state index < -0.39 is 12.6 Å². The second-order valence-corrected chi connectivity index (χ2v) is 5.26. The van der Waals surface area contributed by atoms with Gasteiger partial charge in [0.15, 0.2) is 18.1 Å². The SMILES string of the molecule is COc1cc(/C=C(\C#N)C(=O)N2CCCC2)ccc1OCC(=O)O. The highest BCUT2D eigenvalue weighted by atomic mass is 16.5. The number of nitriles is 1. The maximum absolute atomic E-state index is 12.3. The van der Waals surface area contributed by atoms with E-state index in [-0.39, 0.29) is 17.2 Å². The van der Waals surface area contributed by atoms with Gasteiger partial charge in [-0.25, -0.2) is 4.79 Å². The molecule has 0 atom stereocenters. The van der Waals surface area contributed by atoms with Crippen LogP contribution in [0.5, 0.6) is 11.5 Å². The fourth-order valence-corrected chi connectivity index (χ4v) is 2.43. The predicted molar refractivity (Wildman–Crippen MR) is 85.5 cm³/mol. The zero-order chi connectivity index (χ0) is 17.5. The summed E-state index contributed by atoms with van der Waals surface area (Å²) in [5.41, 5.74) is 0.650. The van der Waals surface area contributed by atoms with E-state index in [1.807, 2.05) is 6.07 Å². The van der Waals surface area contributed by atoms with Gasteiger partial charge in [-0.15, -0.1) is 0 Å². The molecule has 0 spiro atoms. The maximum Gasteiger partial charge on any atom is 0.341 e. The second kappa shape index (κ2) is 8.02. The Morgan fingerprint density at radius 1 is 1.33 bits per heavy atom. The van der Waals surface area contributed by atoms with Crippen molar-refractivity contribution in [2.45, 2.75) is 12.8 Å². The summed E-state index contributed by atoms with van der Waals surface area (Å²) >= 11 is 0. The molecule has 126 valence electrons. The van der Waals surface area contributed by atoms with E-state index >= 15 is 0 Å². The van der Waals surface area contributed by atoms with Crippen LogP contribution >= 0.6 is 0 Å². The number of hydrogen-bond donors (Lipinski definition) is 1. The molecule has 7 heteroatoms. The van der Waals surface area contributed by atoms with Crippen LogP contribution in [0.15, 0.2) is 23.8 Å². The van der Waals surface area contributed by atoms with E-state index in [2.05, 4.69) is 0 Å². The summed E-state index contributed by atoms with van der Waals surface area (Å²) in [6.45, 7) is 0.856. The Hall–Kier alpha value is -3.01. The fourth-order valence-electron chi connectivity index (χ4n) is 2.43. The van der Waals surface area contributed by atoms with Crippen molar-refractivity contribution >= 4 is 18.0 Å². The molecule has 0 aliphatic carbocycles. The molecule has 1 heterocycles. The zero-order valence-corrected chi connectivity index (χ0v) is 13.3. The molecule has 1 aliphatic rings. The van der Waals surface area contributed by atoms with Gasteiger partial charge in [0.05, 0.1) is 7.11 Å². The molecule has 24 heavy (non-hydrogen) atoms. The van der Waals surface area contributed by atoms with Crippen LogP contribution < -0.4 is 9.47 Å². The van der Waals surface area contributed by atoms with E-state index in [0.29, 0.717) is 24.4 Å². The number of methoxy groups -OCH3 is 1. The van der Waals surface area contributed by atoms with Crippen LogP contribution in [0.25, 0.3) is 6.08 Å². The number of carboxylic acids is 1. The number of likely N-dealkylation sites (tertiary alicyclic amines) is 1. The fraction of sp³-hybridized carbons (Fsp3) is 0.353. The van der Waals surface area contributed by atoms with E-state index in [9.17, 15) is 14.9 Å². The minimum atomic E-state index is -1.09. The largest absolute Gasteiger partial charge is 0.493 e. The van der Waals surface area contributed by atoms with Crippen molar-refractivity contribution in [2.75, 3.05) is 26.8 Å². The number of carbonyl (C=O) groups is 2. The first-order valence-electron chi connectivity index (χ1n) is 7.49. The Balaban J connectivity index is 2.22. The monoisotopic (exact) mass is 330 g/mol. The average Bonchev–Trinajstić information content (AvgIpc) is 3.12. The number of benzene rings is 1. The first kappa shape index (κ1) is 17.3. The van der Waals surface area contributed by atoms with Crippen LogP contribution in [0.2, 0.25) is 0 Å². The summed E-state index contributed by atoms with van der Waals surface area (Å²) in [5.74, 6) is -0.762. The lowest BCUT2D eigenvalue weighted by Crippen LogP contribution is -2.28. The molecule has 0 bridgehead atoms. The van der Waals surface area contributed by atoms with Crippen molar-refractivity contribution in [2.24, 2.45) is 0 Å². The molecule has 2 rings (SSSR count). The average molecular weight is 330 g/mol. The minimum absolute atomic E-state index is 0.0538. The van der Waals surface area contributed by atoms with Crippen LogP contribution in [0, 0.1) is 11.3 Å². The van der Waals surface area contributed by atoms with Crippen LogP contribution in [-0.2, 0) is 9.59 Å². The van der Waals surface area contributed by atoms with E-state index in [0.717, 1.165) is 12.8 Å². The van der Waals surface area contributed by atoms with Crippen LogP contribution in [0.1, 0.15) is 18.4 Å². The lowest BCUT2D eigenvalue weighted by atomic mass is 10.1. The van der Waals surface area contributed by atoms with Gasteiger partial charge in [0.1, 0.15) is 11.6 Å². The number of nitrogens with zero attached hydrogens (tertiary/aromatic N) is 2. The molecule has 1 amide bonds. The number of carbonyl (C=O) groups excluding carboxylic acids is 1. The maximum atomic E-state index is 12.3. The van der Waals surface area contributed by atoms with Gasteiger partial charge < -0.3 is 19.5 Å². The highest BCUT2D eigenvalue weighted by molar-refractivity contribution is 6.01. The third-order valence-electron chi connectivity index (χ3n) is 3.59. The van der Waals surface area contributed by atoms with E-state index in [1.54, 1.807) is 23.1 Å². The minimum Gasteiger partial charge on any atom is -0.493 e. The molecule has 1 aromatic rings. The Morgan fingerprint density at radius 2 is 2.04 bits per heavy atom. The molecule has 1 fully saturated rings. The predicted octanol–water partition coefficient (Wildman–Crippen LogP) is 1.69. The smallest absolute Gasteiger partial charge is 0.341 e. The molecule has 0 radical (unpaired) electrons. The number of ether oxygens (including phenoxy) is 2. The summed E-state index contributed by atoms with van der Waals surface area (Å²) < 4.78 is 10.3. The van der Waals surface area contributed by atoms with Gasteiger partial charge in [0.2, 0.25) is 0 Å². The molecular weight excluding hydrogens is 312 g/mol. The first-order chi connectivity index (χ1) is 11.5. The molecule has 1 aromatic carbocycles. The van der Waals surface area contributed by atoms with Gasteiger partial charge in [0, 0.05) is 13.1 Å². The van der Waals surface area contributed by atoms with Crippen molar-refractivity contribution in [3.63, 3.8) is 0 Å². The number of hydrogen-bond acceptors (Lipinski definition) is 5. The molecule has 7 nitrogen and oxygen atoms in total. The third-order valence-corrected chi connectivity index (χ3v) is 3.59. The zero-order valence-electron chi connectivity index (χ0n) is 13.3. The van der Waals surface area contributed by atoms with Crippen molar-refractivity contribution < 1.29 is 24.2 Å². The van der Waals surface area contributed by atoms with E-state index in [4.69, 9.17) is 14.6 Å². The van der Waals surface area contributed by atoms with Gasteiger partial charge in [-0.1, -0.05) is 6.07 Å². The number of aliphatic carboxylic acids is 1. The Morgan fingerprint density at radius 3 is 2.62 bits per heavy atom. The van der Waals surface area contributed by atoms with Gasteiger partial charge in [0.25, 0.3) is 5.91 Å². The van der Waals surface area contributed by atoms with Gasteiger partial charge >= 0.3 is 5.97 Å². The summed E-state index contributed by atoms with van der Waals surface area (Å²) in [6, 6.07) is 6.71. The Bertz CT molecular complexity index is 699. The molecule has 0 aromatic heterocycles.